The molecule has 0 aliphatic heterocycles. The molecule has 1 heterocycles. The van der Waals surface area contributed by atoms with Gasteiger partial charge in [0, 0.05) is 6.54 Å². The van der Waals surface area contributed by atoms with E-state index in [4.69, 9.17) is 11.6 Å². The Morgan fingerprint density at radius 1 is 1.44 bits per heavy atom. The molecule has 2 rings (SSSR count). The standard InChI is InChI=1S/C15H14ClFN4O4/c1-2-11(14(22)23)20(8-9-3-5-10(17)6-4-9)13-12(21(24)25)7-18-15(16)19-13/h3-7,11H,2,8H2,1H3,(H,22,23). The van der Waals surface area contributed by atoms with Gasteiger partial charge in [0.2, 0.25) is 11.1 Å². The van der Waals surface area contributed by atoms with Gasteiger partial charge in [-0.25, -0.2) is 14.2 Å². The molecule has 8 nitrogen and oxygen atoms in total. The quantitative estimate of drug-likeness (QED) is 0.454. The van der Waals surface area contributed by atoms with Gasteiger partial charge in [-0.2, -0.15) is 4.98 Å². The van der Waals surface area contributed by atoms with E-state index < -0.39 is 28.4 Å². The van der Waals surface area contributed by atoms with Gasteiger partial charge in [-0.05, 0) is 35.7 Å². The highest BCUT2D eigenvalue weighted by Crippen LogP contribution is 2.30. The fourth-order valence-electron chi connectivity index (χ4n) is 2.33. The van der Waals surface area contributed by atoms with Crippen LogP contribution in [0.2, 0.25) is 5.28 Å². The van der Waals surface area contributed by atoms with E-state index in [1.165, 1.54) is 29.2 Å². The lowest BCUT2D eigenvalue weighted by Gasteiger charge is -2.29. The summed E-state index contributed by atoms with van der Waals surface area (Å²) in [6.07, 6.45) is 1.09. The molecule has 0 saturated carbocycles. The zero-order valence-corrected chi connectivity index (χ0v) is 13.9. The van der Waals surface area contributed by atoms with E-state index in [9.17, 15) is 24.4 Å². The number of carboxylic acids is 1. The molecular formula is C15H14ClFN4O4. The highest BCUT2D eigenvalue weighted by molar-refractivity contribution is 6.28. The number of hydrogen-bond donors (Lipinski definition) is 1. The number of rotatable bonds is 7. The fraction of sp³-hybridized carbons (Fsp3) is 0.267. The fourth-order valence-corrected chi connectivity index (χ4v) is 2.46. The van der Waals surface area contributed by atoms with Gasteiger partial charge in [-0.3, -0.25) is 10.1 Å². The van der Waals surface area contributed by atoms with Crippen LogP contribution in [0.15, 0.2) is 30.5 Å². The minimum Gasteiger partial charge on any atom is -0.480 e. The van der Waals surface area contributed by atoms with Crippen molar-refractivity contribution >= 4 is 29.1 Å². The molecule has 25 heavy (non-hydrogen) atoms. The Bertz CT molecular complexity index is 788. The summed E-state index contributed by atoms with van der Waals surface area (Å²) < 4.78 is 13.1. The second kappa shape index (κ2) is 7.84. The lowest BCUT2D eigenvalue weighted by atomic mass is 10.1. The van der Waals surface area contributed by atoms with E-state index in [0.717, 1.165) is 6.20 Å². The van der Waals surface area contributed by atoms with Crippen LogP contribution in [0.1, 0.15) is 18.9 Å². The maximum Gasteiger partial charge on any atom is 0.329 e. The van der Waals surface area contributed by atoms with E-state index in [-0.39, 0.29) is 24.1 Å². The van der Waals surface area contributed by atoms with Crippen molar-refractivity contribution in [3.8, 4) is 0 Å². The Morgan fingerprint density at radius 2 is 2.08 bits per heavy atom. The Balaban J connectivity index is 2.55. The molecule has 1 N–H and O–H groups in total. The third-order valence-electron chi connectivity index (χ3n) is 3.50. The summed E-state index contributed by atoms with van der Waals surface area (Å²) in [4.78, 5) is 30.9. The van der Waals surface area contributed by atoms with Crippen LogP contribution in [0.3, 0.4) is 0 Å². The van der Waals surface area contributed by atoms with Gasteiger partial charge in [0.05, 0.1) is 4.92 Å². The van der Waals surface area contributed by atoms with Crippen molar-refractivity contribution in [1.82, 2.24) is 9.97 Å². The highest BCUT2D eigenvalue weighted by atomic mass is 35.5. The number of benzene rings is 1. The van der Waals surface area contributed by atoms with E-state index in [0.29, 0.717) is 5.56 Å². The van der Waals surface area contributed by atoms with Crippen molar-refractivity contribution < 1.29 is 19.2 Å². The summed E-state index contributed by atoms with van der Waals surface area (Å²) in [5, 5.41) is 20.5. The third kappa shape index (κ3) is 4.38. The van der Waals surface area contributed by atoms with E-state index in [1.54, 1.807) is 6.92 Å². The molecule has 0 amide bonds. The van der Waals surface area contributed by atoms with E-state index in [1.807, 2.05) is 0 Å². The minimum atomic E-state index is -1.17. The zero-order chi connectivity index (χ0) is 18.6. The zero-order valence-electron chi connectivity index (χ0n) is 13.1. The summed E-state index contributed by atoms with van der Waals surface area (Å²) in [5.41, 5.74) is 0.0938. The molecule has 1 unspecified atom stereocenters. The van der Waals surface area contributed by atoms with Crippen molar-refractivity contribution in [3.63, 3.8) is 0 Å². The summed E-state index contributed by atoms with van der Waals surface area (Å²) in [6, 6.07) is 4.28. The summed E-state index contributed by atoms with van der Waals surface area (Å²) in [7, 11) is 0. The Morgan fingerprint density at radius 3 is 2.60 bits per heavy atom. The molecule has 1 aromatic heterocycles. The topological polar surface area (TPSA) is 109 Å². The number of halogens is 2. The molecule has 0 bridgehead atoms. The van der Waals surface area contributed by atoms with Gasteiger partial charge >= 0.3 is 11.7 Å². The molecule has 10 heteroatoms. The van der Waals surface area contributed by atoms with Crippen LogP contribution in [0.4, 0.5) is 15.9 Å². The molecule has 0 aliphatic carbocycles. The number of anilines is 1. The predicted octanol–water partition coefficient (Wildman–Crippen LogP) is 3.05. The molecular weight excluding hydrogens is 355 g/mol. The van der Waals surface area contributed by atoms with E-state index >= 15 is 0 Å². The first-order chi connectivity index (χ1) is 11.8. The monoisotopic (exact) mass is 368 g/mol. The summed E-state index contributed by atoms with van der Waals surface area (Å²) in [5.74, 6) is -1.83. The maximum absolute atomic E-state index is 13.1. The maximum atomic E-state index is 13.1. The van der Waals surface area contributed by atoms with Crippen LogP contribution in [0.25, 0.3) is 0 Å². The Hall–Kier alpha value is -2.81. The van der Waals surface area contributed by atoms with Crippen molar-refractivity contribution in [3.05, 3.63) is 57.2 Å². The smallest absolute Gasteiger partial charge is 0.329 e. The molecule has 0 aliphatic rings. The van der Waals surface area contributed by atoms with Crippen LogP contribution in [-0.4, -0.2) is 32.0 Å². The molecule has 1 aromatic carbocycles. The first-order valence-corrected chi connectivity index (χ1v) is 7.62. The molecule has 0 spiro atoms. The highest BCUT2D eigenvalue weighted by Gasteiger charge is 2.31. The van der Waals surface area contributed by atoms with Crippen molar-refractivity contribution in [2.24, 2.45) is 0 Å². The first-order valence-electron chi connectivity index (χ1n) is 7.24. The largest absolute Gasteiger partial charge is 0.480 e. The normalized spacial score (nSPS) is 11.8. The van der Waals surface area contributed by atoms with Gasteiger partial charge in [0.25, 0.3) is 0 Å². The van der Waals surface area contributed by atoms with Crippen LogP contribution < -0.4 is 4.90 Å². The summed E-state index contributed by atoms with van der Waals surface area (Å²) >= 11 is 5.75. The van der Waals surface area contributed by atoms with Crippen LogP contribution in [-0.2, 0) is 11.3 Å². The van der Waals surface area contributed by atoms with Crippen LogP contribution in [0.5, 0.6) is 0 Å². The number of nitro groups is 1. The predicted molar refractivity (Wildman–Crippen MR) is 88.0 cm³/mol. The SMILES string of the molecule is CCC(C(=O)O)N(Cc1ccc(F)cc1)c1nc(Cl)ncc1[N+](=O)[O-]. The molecule has 0 fully saturated rings. The number of carbonyl (C=O) groups is 1. The van der Waals surface area contributed by atoms with Crippen LogP contribution >= 0.6 is 11.6 Å². The molecule has 1 atom stereocenters. The average molecular weight is 369 g/mol. The molecule has 2 aromatic rings. The number of nitrogens with zero attached hydrogens (tertiary/aromatic N) is 4. The molecule has 0 saturated heterocycles. The number of aromatic nitrogens is 2. The van der Waals surface area contributed by atoms with Crippen molar-refractivity contribution in [2.45, 2.75) is 25.9 Å². The van der Waals surface area contributed by atoms with Crippen LogP contribution in [0, 0.1) is 15.9 Å². The molecule has 0 radical (unpaired) electrons. The Kier molecular flexibility index (Phi) is 5.81. The van der Waals surface area contributed by atoms with Crippen molar-refractivity contribution in [1.29, 1.82) is 0 Å². The average Bonchev–Trinajstić information content (AvgIpc) is 2.55. The van der Waals surface area contributed by atoms with Gasteiger partial charge in [0.15, 0.2) is 0 Å². The number of carboxylic acid groups (broad SMARTS) is 1. The lowest BCUT2D eigenvalue weighted by molar-refractivity contribution is -0.384. The molecule has 132 valence electrons. The van der Waals surface area contributed by atoms with E-state index in [2.05, 4.69) is 9.97 Å². The summed E-state index contributed by atoms with van der Waals surface area (Å²) in [6.45, 7) is 1.60. The lowest BCUT2D eigenvalue weighted by Crippen LogP contribution is -2.41. The first kappa shape index (κ1) is 18.5. The Labute approximate surface area is 147 Å². The van der Waals surface area contributed by atoms with Gasteiger partial charge < -0.3 is 10.0 Å². The number of aliphatic carboxylic acids is 1. The number of hydrogen-bond acceptors (Lipinski definition) is 6. The van der Waals surface area contributed by atoms with Crippen molar-refractivity contribution in [2.75, 3.05) is 4.90 Å². The second-order valence-corrected chi connectivity index (χ2v) is 5.46. The van der Waals surface area contributed by atoms with Gasteiger partial charge in [0.1, 0.15) is 18.1 Å². The van der Waals surface area contributed by atoms with Gasteiger partial charge in [-0.15, -0.1) is 0 Å². The second-order valence-electron chi connectivity index (χ2n) is 5.12. The third-order valence-corrected chi connectivity index (χ3v) is 3.69. The minimum absolute atomic E-state index is 0.0285. The van der Waals surface area contributed by atoms with Gasteiger partial charge in [-0.1, -0.05) is 19.1 Å².